The van der Waals surface area contributed by atoms with Gasteiger partial charge in [-0.25, -0.2) is 4.79 Å². The van der Waals surface area contributed by atoms with Crippen LogP contribution in [-0.2, 0) is 25.6 Å². The monoisotopic (exact) mass is 559 g/mol. The highest BCUT2D eigenvalue weighted by Crippen LogP contribution is 2.24. The molecule has 1 aliphatic heterocycles. The maximum absolute atomic E-state index is 12.9. The van der Waals surface area contributed by atoms with Gasteiger partial charge in [-0.3, -0.25) is 9.28 Å². The molecule has 0 aromatic heterocycles. The van der Waals surface area contributed by atoms with E-state index in [1.165, 1.54) is 6.42 Å². The van der Waals surface area contributed by atoms with Gasteiger partial charge in [0, 0.05) is 11.6 Å². The Balaban J connectivity index is 1.47. The second kappa shape index (κ2) is 13.6. The summed E-state index contributed by atoms with van der Waals surface area (Å²) in [6, 6.07) is 16.2. The van der Waals surface area contributed by atoms with Gasteiger partial charge in [0.15, 0.2) is 0 Å². The zero-order valence-electron chi connectivity index (χ0n) is 24.1. The average Bonchev–Trinajstić information content (AvgIpc) is 2.89. The third-order valence-corrected chi connectivity index (χ3v) is 7.22. The fraction of sp³-hybridized carbons (Fsp3) is 0.548. The molecule has 0 aliphatic carbocycles. The van der Waals surface area contributed by atoms with E-state index in [4.69, 9.17) is 25.8 Å². The molecule has 2 aromatic carbocycles. The predicted octanol–water partition coefficient (Wildman–Crippen LogP) is 6.58. The smallest absolute Gasteiger partial charge is 0.407 e. The number of esters is 1. The van der Waals surface area contributed by atoms with E-state index in [1.807, 2.05) is 24.3 Å². The highest BCUT2D eigenvalue weighted by Gasteiger charge is 2.36. The van der Waals surface area contributed by atoms with E-state index in [0.29, 0.717) is 24.4 Å². The van der Waals surface area contributed by atoms with Crippen LogP contribution < -0.4 is 5.32 Å². The molecule has 1 heterocycles. The molecule has 0 saturated carbocycles. The number of piperidine rings is 1. The fourth-order valence-corrected chi connectivity index (χ4v) is 4.68. The summed E-state index contributed by atoms with van der Waals surface area (Å²) in [5, 5.41) is 3.42. The molecular weight excluding hydrogens is 516 g/mol. The molecule has 1 saturated heterocycles. The number of quaternary nitrogens is 1. The molecule has 8 heteroatoms. The number of nitrogens with one attached hydrogen (secondary N) is 1. The standard InChI is InChI=1S/C31H43ClN2O5/c1-30(2,3)39-29(36)33-22-31(4,5)28(35)38-23-34(17-7-6-8-18-34)19-20-37-21-24-9-11-25(12-10-24)26-13-15-27(32)16-14-26/h9-16H,6-8,17-23H2,1-5H3/p+1. The van der Waals surface area contributed by atoms with Crippen molar-refractivity contribution in [3.8, 4) is 11.1 Å². The molecule has 1 amide bonds. The van der Waals surface area contributed by atoms with Gasteiger partial charge in [0.2, 0.25) is 6.73 Å². The molecule has 0 atom stereocenters. The van der Waals surface area contributed by atoms with Gasteiger partial charge in [0.25, 0.3) is 0 Å². The van der Waals surface area contributed by atoms with Gasteiger partial charge in [0.05, 0.1) is 31.7 Å². The van der Waals surface area contributed by atoms with E-state index in [0.717, 1.165) is 54.2 Å². The molecule has 7 nitrogen and oxygen atoms in total. The summed E-state index contributed by atoms with van der Waals surface area (Å²) >= 11 is 6.00. The summed E-state index contributed by atoms with van der Waals surface area (Å²) < 4.78 is 17.9. The van der Waals surface area contributed by atoms with Crippen molar-refractivity contribution in [2.24, 2.45) is 5.41 Å². The highest BCUT2D eigenvalue weighted by molar-refractivity contribution is 6.30. The Morgan fingerprint density at radius 1 is 0.897 bits per heavy atom. The number of alkyl carbamates (subject to hydrolysis) is 1. The molecule has 1 aliphatic rings. The van der Waals surface area contributed by atoms with Crippen molar-refractivity contribution < 1.29 is 28.3 Å². The van der Waals surface area contributed by atoms with Crippen LogP contribution in [0.4, 0.5) is 4.79 Å². The molecule has 39 heavy (non-hydrogen) atoms. The van der Waals surface area contributed by atoms with Gasteiger partial charge in [-0.05, 0) is 82.7 Å². The van der Waals surface area contributed by atoms with Crippen LogP contribution in [0.15, 0.2) is 48.5 Å². The molecule has 214 valence electrons. The zero-order valence-corrected chi connectivity index (χ0v) is 24.8. The normalized spacial score (nSPS) is 15.4. The number of rotatable bonds is 11. The van der Waals surface area contributed by atoms with Crippen molar-refractivity contribution in [3.63, 3.8) is 0 Å². The maximum atomic E-state index is 12.9. The first-order chi connectivity index (χ1) is 18.4. The minimum atomic E-state index is -0.870. The average molecular weight is 560 g/mol. The maximum Gasteiger partial charge on any atom is 0.407 e. The molecule has 0 radical (unpaired) electrons. The summed E-state index contributed by atoms with van der Waals surface area (Å²) in [5.41, 5.74) is 1.91. The third-order valence-electron chi connectivity index (χ3n) is 6.97. The van der Waals surface area contributed by atoms with Crippen LogP contribution in [0.5, 0.6) is 0 Å². The highest BCUT2D eigenvalue weighted by atomic mass is 35.5. The molecule has 0 unspecified atom stereocenters. The number of carbonyl (C=O) groups is 2. The van der Waals surface area contributed by atoms with Gasteiger partial charge in [-0.15, -0.1) is 0 Å². The topological polar surface area (TPSA) is 73.9 Å². The number of carbonyl (C=O) groups excluding carboxylic acids is 2. The second-order valence-electron chi connectivity index (χ2n) is 12.1. The summed E-state index contributed by atoms with van der Waals surface area (Å²) in [5.74, 6) is -0.330. The number of ether oxygens (including phenoxy) is 3. The Kier molecular flexibility index (Phi) is 10.8. The lowest BCUT2D eigenvalue weighted by Gasteiger charge is -2.41. The lowest BCUT2D eigenvalue weighted by Crippen LogP contribution is -2.55. The van der Waals surface area contributed by atoms with E-state index < -0.39 is 17.1 Å². The van der Waals surface area contributed by atoms with Crippen LogP contribution in [0.3, 0.4) is 0 Å². The Bertz CT molecular complexity index is 1070. The lowest BCUT2D eigenvalue weighted by molar-refractivity contribution is -0.948. The van der Waals surface area contributed by atoms with Crippen molar-refractivity contribution in [1.82, 2.24) is 5.32 Å². The number of halogens is 1. The van der Waals surface area contributed by atoms with Crippen molar-refractivity contribution in [2.75, 3.05) is 39.5 Å². The van der Waals surface area contributed by atoms with Crippen LogP contribution in [0.1, 0.15) is 59.4 Å². The molecule has 2 aromatic rings. The van der Waals surface area contributed by atoms with E-state index in [1.54, 1.807) is 34.6 Å². The number of amides is 1. The minimum Gasteiger partial charge on any atom is -0.444 e. The predicted molar refractivity (Wildman–Crippen MR) is 154 cm³/mol. The molecular formula is C31H44ClN2O5+. The van der Waals surface area contributed by atoms with Crippen LogP contribution >= 0.6 is 11.6 Å². The molecule has 1 N–H and O–H groups in total. The first-order valence-electron chi connectivity index (χ1n) is 13.8. The number of hydrogen-bond donors (Lipinski definition) is 1. The molecule has 0 spiro atoms. The van der Waals surface area contributed by atoms with Crippen LogP contribution in [0, 0.1) is 5.41 Å². The van der Waals surface area contributed by atoms with Crippen LogP contribution in [-0.4, -0.2) is 61.7 Å². The van der Waals surface area contributed by atoms with Gasteiger partial charge >= 0.3 is 12.1 Å². The van der Waals surface area contributed by atoms with Crippen molar-refractivity contribution in [3.05, 3.63) is 59.1 Å². The number of likely N-dealkylation sites (tertiary alicyclic amines) is 1. The summed E-state index contributed by atoms with van der Waals surface area (Å²) in [6.07, 6.45) is 2.86. The summed E-state index contributed by atoms with van der Waals surface area (Å²) in [6.45, 7) is 13.2. The Hall–Kier alpha value is -2.61. The van der Waals surface area contributed by atoms with Crippen molar-refractivity contribution in [2.45, 2.75) is 66.1 Å². The minimum absolute atomic E-state index is 0.140. The third kappa shape index (κ3) is 10.1. The van der Waals surface area contributed by atoms with E-state index >= 15 is 0 Å². The zero-order chi connectivity index (χ0) is 28.5. The Morgan fingerprint density at radius 2 is 1.49 bits per heavy atom. The summed E-state index contributed by atoms with van der Waals surface area (Å²) in [4.78, 5) is 25.0. The first-order valence-corrected chi connectivity index (χ1v) is 14.2. The summed E-state index contributed by atoms with van der Waals surface area (Å²) in [7, 11) is 0. The lowest BCUT2D eigenvalue weighted by atomic mass is 9.94. The van der Waals surface area contributed by atoms with Crippen LogP contribution in [0.25, 0.3) is 11.1 Å². The van der Waals surface area contributed by atoms with E-state index in [2.05, 4.69) is 29.6 Å². The van der Waals surface area contributed by atoms with Crippen molar-refractivity contribution >= 4 is 23.7 Å². The second-order valence-corrected chi connectivity index (χ2v) is 12.6. The van der Waals surface area contributed by atoms with Gasteiger partial charge in [-0.1, -0.05) is 48.0 Å². The Morgan fingerprint density at radius 3 is 2.08 bits per heavy atom. The van der Waals surface area contributed by atoms with Crippen LogP contribution in [0.2, 0.25) is 5.02 Å². The quantitative estimate of drug-likeness (QED) is 0.191. The molecule has 1 fully saturated rings. The van der Waals surface area contributed by atoms with Crippen molar-refractivity contribution in [1.29, 1.82) is 0 Å². The van der Waals surface area contributed by atoms with Gasteiger partial charge < -0.3 is 19.5 Å². The van der Waals surface area contributed by atoms with E-state index in [-0.39, 0.29) is 12.5 Å². The molecule has 3 rings (SSSR count). The largest absolute Gasteiger partial charge is 0.444 e. The number of nitrogens with zero attached hydrogens (tertiary/aromatic N) is 1. The SMILES string of the molecule is CC(C)(C)OC(=O)NCC(C)(C)C(=O)OC[N+]1(CCOCc2ccc(-c3ccc(Cl)cc3)cc2)CCCCC1. The number of benzene rings is 2. The first kappa shape index (κ1) is 30.9. The fourth-order valence-electron chi connectivity index (χ4n) is 4.55. The van der Waals surface area contributed by atoms with Gasteiger partial charge in [-0.2, -0.15) is 0 Å². The molecule has 0 bridgehead atoms. The number of hydrogen-bond acceptors (Lipinski definition) is 5. The Labute approximate surface area is 238 Å². The van der Waals surface area contributed by atoms with Gasteiger partial charge in [0.1, 0.15) is 12.1 Å². The van der Waals surface area contributed by atoms with E-state index in [9.17, 15) is 9.59 Å².